The van der Waals surface area contributed by atoms with Crippen LogP contribution in [0.2, 0.25) is 0 Å². The first-order valence-corrected chi connectivity index (χ1v) is 7.77. The van der Waals surface area contributed by atoms with Crippen molar-refractivity contribution >= 4 is 34.6 Å². The van der Waals surface area contributed by atoms with E-state index in [1.54, 1.807) is 30.3 Å². The number of hydrogen-bond donors (Lipinski definition) is 1. The molecule has 1 N–H and O–H groups in total. The molecule has 6 heteroatoms. The lowest BCUT2D eigenvalue weighted by molar-refractivity contribution is -0.118. The van der Waals surface area contributed by atoms with Crippen molar-refractivity contribution in [3.8, 4) is 0 Å². The number of hydrogen-bond acceptors (Lipinski definition) is 2. The Morgan fingerprint density at radius 1 is 1.29 bits per heavy atom. The van der Waals surface area contributed by atoms with Crippen LogP contribution >= 0.6 is 12.2 Å². The molecule has 1 heterocycles. The quantitative estimate of drug-likeness (QED) is 0.687. The Kier molecular flexibility index (Phi) is 4.28. The molecule has 120 valence electrons. The largest absolute Gasteiger partial charge is 0.350 e. The summed E-state index contributed by atoms with van der Waals surface area (Å²) in [6.45, 7) is 8.92. The van der Waals surface area contributed by atoms with Gasteiger partial charge in [-0.15, -0.1) is 0 Å². The average Bonchev–Trinajstić information content (AvgIpc) is 2.83. The lowest BCUT2D eigenvalue weighted by atomic mass is 10.1. The van der Waals surface area contributed by atoms with Crippen LogP contribution in [0.5, 0.6) is 0 Å². The van der Waals surface area contributed by atoms with Gasteiger partial charge in [-0.1, -0.05) is 18.2 Å². The third-order valence-corrected chi connectivity index (χ3v) is 4.23. The van der Waals surface area contributed by atoms with Gasteiger partial charge in [0.1, 0.15) is 11.9 Å². The Hall–Kier alpha value is -2.78. The molecule has 0 aliphatic carbocycles. The van der Waals surface area contributed by atoms with Gasteiger partial charge in [0.2, 0.25) is 0 Å². The molecule has 3 rings (SSSR count). The zero-order valence-corrected chi connectivity index (χ0v) is 13.7. The zero-order chi connectivity index (χ0) is 17.3. The van der Waals surface area contributed by atoms with Gasteiger partial charge in [-0.2, -0.15) is 0 Å². The van der Waals surface area contributed by atoms with E-state index >= 15 is 0 Å². The number of nitrogens with zero attached hydrogens (tertiary/aromatic N) is 2. The lowest BCUT2D eigenvalue weighted by Crippen LogP contribution is -2.32. The predicted molar refractivity (Wildman–Crippen MR) is 94.6 cm³/mol. The van der Waals surface area contributed by atoms with Gasteiger partial charge in [0.05, 0.1) is 6.57 Å². The van der Waals surface area contributed by atoms with Gasteiger partial charge in [-0.05, 0) is 54.5 Å². The third kappa shape index (κ3) is 2.99. The highest BCUT2D eigenvalue weighted by Gasteiger charge is 2.36. The molecule has 2 aromatic carbocycles. The first-order valence-electron chi connectivity index (χ1n) is 7.36. The molecular weight excluding hydrogens is 325 g/mol. The lowest BCUT2D eigenvalue weighted by Gasteiger charge is -2.16. The van der Waals surface area contributed by atoms with Crippen molar-refractivity contribution in [1.82, 2.24) is 5.32 Å². The van der Waals surface area contributed by atoms with E-state index in [0.717, 1.165) is 11.1 Å². The van der Waals surface area contributed by atoms with Gasteiger partial charge in [-0.25, -0.2) is 9.24 Å². The molecule has 0 aromatic heterocycles. The molecule has 24 heavy (non-hydrogen) atoms. The third-order valence-electron chi connectivity index (χ3n) is 3.93. The number of benzene rings is 2. The summed E-state index contributed by atoms with van der Waals surface area (Å²) in [6.07, 6.45) is 0.425. The summed E-state index contributed by atoms with van der Waals surface area (Å²) in [5.74, 6) is -0.462. The number of thiocarbonyl (C=S) groups is 1. The van der Waals surface area contributed by atoms with Crippen molar-refractivity contribution in [3.63, 3.8) is 0 Å². The monoisotopic (exact) mass is 339 g/mol. The molecule has 0 radical (unpaired) electrons. The number of halogens is 1. The van der Waals surface area contributed by atoms with Gasteiger partial charge in [0.15, 0.2) is 10.8 Å². The molecule has 1 amide bonds. The molecule has 1 aliphatic rings. The Bertz CT molecular complexity index is 858. The molecule has 0 bridgehead atoms. The summed E-state index contributed by atoms with van der Waals surface area (Å²) in [7, 11) is 0. The number of anilines is 1. The normalized spacial score (nSPS) is 16.9. The van der Waals surface area contributed by atoms with E-state index in [1.807, 2.05) is 6.92 Å². The summed E-state index contributed by atoms with van der Waals surface area (Å²) < 4.78 is 13.0. The second-order valence-electron chi connectivity index (χ2n) is 5.59. The van der Waals surface area contributed by atoms with Crippen molar-refractivity contribution in [1.29, 1.82) is 0 Å². The van der Waals surface area contributed by atoms with Crippen LogP contribution in [0.1, 0.15) is 11.1 Å². The molecule has 0 saturated carbocycles. The Labute approximate surface area is 144 Å². The minimum Gasteiger partial charge on any atom is -0.350 e. The molecular formula is C18H14FN3OS. The smallest absolute Gasteiger partial charge is 0.256 e. The minimum absolute atomic E-state index is 0.153. The minimum atomic E-state index is -0.483. The maximum atomic E-state index is 13.0. The van der Waals surface area contributed by atoms with E-state index in [1.165, 1.54) is 17.0 Å². The number of rotatable bonds is 3. The van der Waals surface area contributed by atoms with Gasteiger partial charge in [0.25, 0.3) is 5.91 Å². The van der Waals surface area contributed by atoms with Gasteiger partial charge >= 0.3 is 0 Å². The maximum Gasteiger partial charge on any atom is 0.256 e. The summed E-state index contributed by atoms with van der Waals surface area (Å²) >= 11 is 5.29. The van der Waals surface area contributed by atoms with Gasteiger partial charge in [-0.3, -0.25) is 9.69 Å². The summed E-state index contributed by atoms with van der Waals surface area (Å²) in [6, 6.07) is 10.8. The second kappa shape index (κ2) is 6.38. The van der Waals surface area contributed by atoms with Crippen LogP contribution in [-0.2, 0) is 11.2 Å². The number of amides is 1. The second-order valence-corrected chi connectivity index (χ2v) is 5.98. The predicted octanol–water partition coefficient (Wildman–Crippen LogP) is 3.52. The Balaban J connectivity index is 1.82. The van der Waals surface area contributed by atoms with Crippen molar-refractivity contribution in [3.05, 3.63) is 70.8 Å². The highest BCUT2D eigenvalue weighted by Crippen LogP contribution is 2.27. The summed E-state index contributed by atoms with van der Waals surface area (Å²) in [5.41, 5.74) is 2.84. The highest BCUT2D eigenvalue weighted by molar-refractivity contribution is 7.80. The van der Waals surface area contributed by atoms with Crippen LogP contribution in [0, 0.1) is 19.3 Å². The fraction of sp³-hybridized carbons (Fsp3) is 0.167. The van der Waals surface area contributed by atoms with Gasteiger partial charge in [0, 0.05) is 12.1 Å². The van der Waals surface area contributed by atoms with Crippen molar-refractivity contribution < 1.29 is 9.18 Å². The SMILES string of the molecule is [C-]#[N+]c1ccc(N2C(=O)C(Cc3ccc(F)cc3)NC2=S)cc1C. The van der Waals surface area contributed by atoms with Crippen molar-refractivity contribution in [2.45, 2.75) is 19.4 Å². The van der Waals surface area contributed by atoms with Crippen LogP contribution in [0.25, 0.3) is 4.85 Å². The van der Waals surface area contributed by atoms with Crippen molar-refractivity contribution in [2.24, 2.45) is 0 Å². The van der Waals surface area contributed by atoms with Crippen LogP contribution in [0.15, 0.2) is 42.5 Å². The van der Waals surface area contributed by atoms with Crippen LogP contribution in [-0.4, -0.2) is 17.1 Å². The highest BCUT2D eigenvalue weighted by atomic mass is 32.1. The molecule has 1 unspecified atom stereocenters. The zero-order valence-electron chi connectivity index (χ0n) is 12.9. The van der Waals surface area contributed by atoms with Crippen LogP contribution in [0.4, 0.5) is 15.8 Å². The fourth-order valence-corrected chi connectivity index (χ4v) is 3.01. The van der Waals surface area contributed by atoms with Crippen molar-refractivity contribution in [2.75, 3.05) is 4.90 Å². The molecule has 1 fully saturated rings. The van der Waals surface area contributed by atoms with E-state index in [9.17, 15) is 9.18 Å². The number of carbonyl (C=O) groups excluding carboxylic acids is 1. The Morgan fingerprint density at radius 2 is 2.00 bits per heavy atom. The maximum absolute atomic E-state index is 13.0. The first kappa shape index (κ1) is 16.1. The molecule has 1 aliphatic heterocycles. The fourth-order valence-electron chi connectivity index (χ4n) is 2.67. The number of aryl methyl sites for hydroxylation is 1. The summed E-state index contributed by atoms with van der Waals surface area (Å²) in [4.78, 5) is 17.6. The van der Waals surface area contributed by atoms with Crippen LogP contribution < -0.4 is 10.2 Å². The Morgan fingerprint density at radius 3 is 2.62 bits per heavy atom. The van der Waals surface area contributed by atoms with E-state index in [2.05, 4.69) is 10.2 Å². The molecule has 2 aromatic rings. The number of nitrogens with one attached hydrogen (secondary N) is 1. The first-order chi connectivity index (χ1) is 11.5. The topological polar surface area (TPSA) is 36.7 Å². The molecule has 4 nitrogen and oxygen atoms in total. The number of carbonyl (C=O) groups is 1. The van der Waals surface area contributed by atoms with Crippen LogP contribution in [0.3, 0.4) is 0 Å². The van der Waals surface area contributed by atoms with E-state index in [4.69, 9.17) is 18.8 Å². The molecule has 1 saturated heterocycles. The van der Waals surface area contributed by atoms with Gasteiger partial charge < -0.3 is 5.32 Å². The standard InChI is InChI=1S/C18H14FN3OS/c1-11-9-14(7-8-15(11)20-2)22-17(23)16(21-18(22)24)10-12-3-5-13(19)6-4-12/h3-9,16H,10H2,1H3,(H,21,24). The molecule has 1 atom stereocenters. The summed E-state index contributed by atoms with van der Waals surface area (Å²) in [5, 5.41) is 3.35. The van der Waals surface area contributed by atoms with E-state index in [0.29, 0.717) is 22.9 Å². The van der Waals surface area contributed by atoms with E-state index < -0.39 is 6.04 Å². The molecule has 0 spiro atoms. The average molecular weight is 339 g/mol. The van der Waals surface area contributed by atoms with E-state index in [-0.39, 0.29) is 11.7 Å².